The number of aliphatic carboxylic acids is 1. The second-order valence-electron chi connectivity index (χ2n) is 4.14. The van der Waals surface area contributed by atoms with Crippen molar-refractivity contribution in [3.63, 3.8) is 0 Å². The van der Waals surface area contributed by atoms with Crippen molar-refractivity contribution in [1.29, 1.82) is 0 Å². The Morgan fingerprint density at radius 1 is 1.12 bits per heavy atom. The van der Waals surface area contributed by atoms with Crippen molar-refractivity contribution < 1.29 is 23.9 Å². The maximum atomic E-state index is 11.2. The van der Waals surface area contributed by atoms with E-state index in [-0.39, 0.29) is 6.61 Å². The summed E-state index contributed by atoms with van der Waals surface area (Å²) in [5.74, 6) is -1.31. The third kappa shape index (κ3) is 11.9. The molecule has 0 spiro atoms. The van der Waals surface area contributed by atoms with E-state index in [1.807, 2.05) is 0 Å². The first-order valence-corrected chi connectivity index (χ1v) is 7.92. The van der Waals surface area contributed by atoms with Crippen LogP contribution in [0.25, 0.3) is 0 Å². The first-order chi connectivity index (χ1) is 7.98. The summed E-state index contributed by atoms with van der Waals surface area (Å²) in [6.45, 7) is 2.32. The van der Waals surface area contributed by atoms with Crippen LogP contribution in [0.1, 0.15) is 51.9 Å². The molecule has 0 heterocycles. The van der Waals surface area contributed by atoms with Crippen LogP contribution in [0.5, 0.6) is 0 Å². The van der Waals surface area contributed by atoms with Gasteiger partial charge in [0.05, 0.1) is 6.61 Å². The fourth-order valence-corrected chi connectivity index (χ4v) is 2.33. The minimum Gasteiger partial charge on any atom is -0.481 e. The van der Waals surface area contributed by atoms with Crippen molar-refractivity contribution >= 4 is 13.6 Å². The second kappa shape index (κ2) is 9.63. The summed E-state index contributed by atoms with van der Waals surface area (Å²) < 4.78 is 15.8. The quantitative estimate of drug-likeness (QED) is 0.443. The average molecular weight is 266 g/mol. The molecule has 0 aliphatic rings. The van der Waals surface area contributed by atoms with E-state index in [1.165, 1.54) is 25.7 Å². The molecular weight excluding hydrogens is 243 g/mol. The third-order valence-corrected chi connectivity index (χ3v) is 3.63. The van der Waals surface area contributed by atoms with E-state index in [1.54, 1.807) is 0 Å². The highest BCUT2D eigenvalue weighted by Crippen LogP contribution is 2.41. The van der Waals surface area contributed by atoms with Crippen LogP contribution in [-0.2, 0) is 13.9 Å². The molecule has 0 aliphatic carbocycles. The lowest BCUT2D eigenvalue weighted by Gasteiger charge is -2.09. The van der Waals surface area contributed by atoms with Crippen molar-refractivity contribution in [2.75, 3.05) is 12.8 Å². The highest BCUT2D eigenvalue weighted by Gasteiger charge is 2.23. The molecule has 0 rings (SSSR count). The summed E-state index contributed by atoms with van der Waals surface area (Å²) in [6, 6.07) is 0. The third-order valence-electron chi connectivity index (χ3n) is 2.38. The highest BCUT2D eigenvalue weighted by atomic mass is 31.2. The van der Waals surface area contributed by atoms with Crippen molar-refractivity contribution in [3.8, 4) is 0 Å². The molecule has 17 heavy (non-hydrogen) atoms. The minimum absolute atomic E-state index is 0.162. The lowest BCUT2D eigenvalue weighted by molar-refractivity contribution is -0.134. The van der Waals surface area contributed by atoms with Crippen molar-refractivity contribution in [3.05, 3.63) is 0 Å². The van der Waals surface area contributed by atoms with Gasteiger partial charge in [-0.05, 0) is 6.42 Å². The highest BCUT2D eigenvalue weighted by molar-refractivity contribution is 7.53. The van der Waals surface area contributed by atoms with E-state index < -0.39 is 19.7 Å². The first kappa shape index (κ1) is 16.6. The molecule has 0 bridgehead atoms. The number of unbranched alkanes of at least 4 members (excludes halogenated alkanes) is 6. The summed E-state index contributed by atoms with van der Waals surface area (Å²) in [5.41, 5.74) is 0. The fraction of sp³-hybridized carbons (Fsp3) is 0.909. The van der Waals surface area contributed by atoms with Gasteiger partial charge >= 0.3 is 13.6 Å². The predicted octanol–water partition coefficient (Wildman–Crippen LogP) is 3.02. The topological polar surface area (TPSA) is 83.8 Å². The number of hydrogen-bond acceptors (Lipinski definition) is 3. The molecule has 102 valence electrons. The van der Waals surface area contributed by atoms with Crippen LogP contribution >= 0.6 is 7.60 Å². The smallest absolute Gasteiger partial charge is 0.339 e. The van der Waals surface area contributed by atoms with Crippen LogP contribution in [0.2, 0.25) is 0 Å². The molecule has 0 amide bonds. The first-order valence-electron chi connectivity index (χ1n) is 6.16. The molecule has 0 fully saturated rings. The standard InChI is InChI=1S/C11H23O5P/c1-2-3-4-5-6-7-8-9-16-17(14,15)10-11(12)13/h2-10H2,1H3,(H,12,13)(H,14,15). The molecule has 0 aromatic heterocycles. The molecule has 0 aromatic carbocycles. The summed E-state index contributed by atoms with van der Waals surface area (Å²) in [7, 11) is -3.91. The van der Waals surface area contributed by atoms with E-state index in [4.69, 9.17) is 14.5 Å². The number of carboxylic acids is 1. The second-order valence-corrected chi connectivity index (χ2v) is 5.99. The Balaban J connectivity index is 3.38. The van der Waals surface area contributed by atoms with E-state index in [9.17, 15) is 9.36 Å². The molecule has 0 aromatic rings. The molecule has 0 saturated heterocycles. The summed E-state index contributed by atoms with van der Waals surface area (Å²) in [5, 5.41) is 8.36. The van der Waals surface area contributed by atoms with Gasteiger partial charge in [-0.15, -0.1) is 0 Å². The van der Waals surface area contributed by atoms with Crippen LogP contribution in [-0.4, -0.2) is 28.7 Å². The monoisotopic (exact) mass is 266 g/mol. The Hall–Kier alpha value is -0.380. The van der Waals surface area contributed by atoms with E-state index in [0.29, 0.717) is 6.42 Å². The SMILES string of the molecule is CCCCCCCCCOP(=O)(O)CC(=O)O. The Bertz CT molecular complexity index is 254. The van der Waals surface area contributed by atoms with Crippen LogP contribution in [0, 0.1) is 0 Å². The van der Waals surface area contributed by atoms with Crippen molar-refractivity contribution in [2.24, 2.45) is 0 Å². The van der Waals surface area contributed by atoms with Gasteiger partial charge in [-0.3, -0.25) is 9.36 Å². The van der Waals surface area contributed by atoms with Crippen LogP contribution in [0.3, 0.4) is 0 Å². The van der Waals surface area contributed by atoms with Gasteiger partial charge in [0.15, 0.2) is 0 Å². The Morgan fingerprint density at radius 2 is 1.65 bits per heavy atom. The molecule has 5 nitrogen and oxygen atoms in total. The maximum Gasteiger partial charge on any atom is 0.339 e. The average Bonchev–Trinajstić information content (AvgIpc) is 2.20. The Kier molecular flexibility index (Phi) is 9.41. The molecule has 0 saturated carbocycles. The Labute approximate surface area is 103 Å². The van der Waals surface area contributed by atoms with E-state index >= 15 is 0 Å². The van der Waals surface area contributed by atoms with Gasteiger partial charge in [-0.2, -0.15) is 0 Å². The van der Waals surface area contributed by atoms with Gasteiger partial charge in [0, 0.05) is 0 Å². The molecule has 6 heteroatoms. The zero-order chi connectivity index (χ0) is 13.1. The summed E-state index contributed by atoms with van der Waals surface area (Å²) in [4.78, 5) is 19.3. The molecule has 1 unspecified atom stereocenters. The van der Waals surface area contributed by atoms with Gasteiger partial charge in [-0.25, -0.2) is 0 Å². The lowest BCUT2D eigenvalue weighted by atomic mass is 10.1. The zero-order valence-corrected chi connectivity index (χ0v) is 11.3. The van der Waals surface area contributed by atoms with Gasteiger partial charge in [0.1, 0.15) is 6.16 Å². The maximum absolute atomic E-state index is 11.2. The molecule has 0 aliphatic heterocycles. The van der Waals surface area contributed by atoms with Crippen molar-refractivity contribution in [2.45, 2.75) is 51.9 Å². The fourth-order valence-electron chi connectivity index (χ4n) is 1.48. The van der Waals surface area contributed by atoms with Crippen molar-refractivity contribution in [1.82, 2.24) is 0 Å². The summed E-state index contributed by atoms with van der Waals surface area (Å²) in [6.07, 6.45) is 6.82. The van der Waals surface area contributed by atoms with Crippen LogP contribution in [0.4, 0.5) is 0 Å². The summed E-state index contributed by atoms with van der Waals surface area (Å²) >= 11 is 0. The van der Waals surface area contributed by atoms with Gasteiger partial charge < -0.3 is 14.5 Å². The number of carbonyl (C=O) groups is 1. The molecule has 2 N–H and O–H groups in total. The van der Waals surface area contributed by atoms with E-state index in [0.717, 1.165) is 12.8 Å². The Morgan fingerprint density at radius 3 is 2.18 bits per heavy atom. The largest absolute Gasteiger partial charge is 0.481 e. The number of carboxylic acid groups (broad SMARTS) is 1. The van der Waals surface area contributed by atoms with E-state index in [2.05, 4.69) is 6.92 Å². The van der Waals surface area contributed by atoms with Gasteiger partial charge in [-0.1, -0.05) is 45.4 Å². The number of rotatable bonds is 11. The zero-order valence-electron chi connectivity index (χ0n) is 10.4. The lowest BCUT2D eigenvalue weighted by Crippen LogP contribution is -2.06. The number of hydrogen-bond donors (Lipinski definition) is 2. The van der Waals surface area contributed by atoms with Gasteiger partial charge in [0.25, 0.3) is 0 Å². The minimum atomic E-state index is -3.91. The van der Waals surface area contributed by atoms with Crippen LogP contribution < -0.4 is 0 Å². The molecular formula is C11H23O5P. The normalized spacial score (nSPS) is 14.5. The predicted molar refractivity (Wildman–Crippen MR) is 66.3 cm³/mol. The van der Waals surface area contributed by atoms with Crippen LogP contribution in [0.15, 0.2) is 0 Å². The van der Waals surface area contributed by atoms with Gasteiger partial charge in [0.2, 0.25) is 0 Å². The molecule has 1 atom stereocenters. The molecule has 0 radical (unpaired) electrons.